The molecule has 13 heavy (non-hydrogen) atoms. The molecule has 0 fully saturated rings. The van der Waals surface area contributed by atoms with Crippen LogP contribution in [0.5, 0.6) is 5.75 Å². The van der Waals surface area contributed by atoms with Crippen molar-refractivity contribution in [3.8, 4) is 5.75 Å². The van der Waals surface area contributed by atoms with Gasteiger partial charge in [-0.15, -0.1) is 0 Å². The molecule has 0 spiro atoms. The molecule has 0 aromatic carbocycles. The zero-order chi connectivity index (χ0) is 10.0. The van der Waals surface area contributed by atoms with E-state index in [2.05, 4.69) is 4.98 Å². The largest absolute Gasteiger partial charge is 0.495 e. The van der Waals surface area contributed by atoms with Crippen LogP contribution in [-0.4, -0.2) is 12.1 Å². The van der Waals surface area contributed by atoms with Gasteiger partial charge < -0.3 is 4.74 Å². The second kappa shape index (κ2) is 4.67. The fourth-order valence-corrected chi connectivity index (χ4v) is 1.80. The average Bonchev–Trinajstić information content (AvgIpc) is 2.09. The van der Waals surface area contributed by atoms with E-state index in [0.717, 1.165) is 3.57 Å². The van der Waals surface area contributed by atoms with E-state index in [-0.39, 0.29) is 5.69 Å². The van der Waals surface area contributed by atoms with Gasteiger partial charge in [0.05, 0.1) is 10.7 Å². The predicted octanol–water partition coefficient (Wildman–Crippen LogP) is 3.24. The molecule has 0 atom stereocenters. The minimum absolute atomic E-state index is 0.248. The van der Waals surface area contributed by atoms with Crippen molar-refractivity contribution in [1.82, 2.24) is 4.98 Å². The maximum atomic E-state index is 12.3. The van der Waals surface area contributed by atoms with Crippen molar-refractivity contribution < 1.29 is 13.5 Å². The molecular weight excluding hydrogens is 406 g/mol. The maximum Gasteiger partial charge on any atom is 0.280 e. The lowest BCUT2D eigenvalue weighted by Gasteiger charge is -2.07. The van der Waals surface area contributed by atoms with Crippen molar-refractivity contribution in [2.45, 2.75) is 6.43 Å². The van der Waals surface area contributed by atoms with Crippen LogP contribution < -0.4 is 4.74 Å². The number of alkyl halides is 2. The van der Waals surface area contributed by atoms with Gasteiger partial charge in [0.15, 0.2) is 0 Å². The Morgan fingerprint density at radius 3 is 2.54 bits per heavy atom. The number of methoxy groups -OCH3 is 1. The molecule has 6 heteroatoms. The number of hydrogen-bond donors (Lipinski definition) is 0. The van der Waals surface area contributed by atoms with Crippen LogP contribution in [0.3, 0.4) is 0 Å². The van der Waals surface area contributed by atoms with E-state index >= 15 is 0 Å². The molecule has 0 N–H and O–H groups in total. The Bertz CT molecular complexity index is 320. The molecule has 0 amide bonds. The summed E-state index contributed by atoms with van der Waals surface area (Å²) in [6.07, 6.45) is -2.56. The Balaban J connectivity index is 3.22. The zero-order valence-corrected chi connectivity index (χ0v) is 10.8. The average molecular weight is 411 g/mol. The van der Waals surface area contributed by atoms with Crippen molar-refractivity contribution in [1.29, 1.82) is 0 Å². The lowest BCUT2D eigenvalue weighted by molar-refractivity contribution is 0.145. The molecule has 2 nitrogen and oxygen atoms in total. The SMILES string of the molecule is COc1cc(C(F)F)nc(I)c1I. The standard InChI is InChI=1S/C7H5F2I2NO/c1-13-4-2-3(6(8)9)12-7(11)5(4)10/h2,6H,1H3. The van der Waals surface area contributed by atoms with Crippen molar-refractivity contribution in [2.24, 2.45) is 0 Å². The molecule has 1 rings (SSSR count). The molecule has 0 aliphatic rings. The molecule has 0 aliphatic carbocycles. The molecule has 0 bridgehead atoms. The number of pyridine rings is 1. The first-order valence-corrected chi connectivity index (χ1v) is 5.40. The molecule has 72 valence electrons. The normalized spacial score (nSPS) is 10.6. The summed E-state index contributed by atoms with van der Waals surface area (Å²) in [7, 11) is 1.45. The number of ether oxygens (including phenoxy) is 1. The second-order valence-corrected chi connectivity index (χ2v) is 4.26. The number of hydrogen-bond acceptors (Lipinski definition) is 2. The summed E-state index contributed by atoms with van der Waals surface area (Å²) in [6, 6.07) is 1.26. The first kappa shape index (κ1) is 11.3. The van der Waals surface area contributed by atoms with Crippen LogP contribution in [0.1, 0.15) is 12.1 Å². The summed E-state index contributed by atoms with van der Waals surface area (Å²) in [5.41, 5.74) is -0.248. The number of aromatic nitrogens is 1. The Labute approximate surface area is 101 Å². The Kier molecular flexibility index (Phi) is 4.07. The van der Waals surface area contributed by atoms with Gasteiger partial charge in [0.1, 0.15) is 15.1 Å². The Morgan fingerprint density at radius 1 is 1.46 bits per heavy atom. The van der Waals surface area contributed by atoms with Gasteiger partial charge in [-0.2, -0.15) is 0 Å². The molecule has 0 saturated carbocycles. The monoisotopic (exact) mass is 411 g/mol. The first-order chi connectivity index (χ1) is 6.06. The van der Waals surface area contributed by atoms with Gasteiger partial charge in [0.2, 0.25) is 0 Å². The minimum atomic E-state index is -2.56. The van der Waals surface area contributed by atoms with Crippen LogP contribution in [0.2, 0.25) is 0 Å². The van der Waals surface area contributed by atoms with Gasteiger partial charge in [-0.3, -0.25) is 0 Å². The molecular formula is C7H5F2I2NO. The van der Waals surface area contributed by atoms with Gasteiger partial charge in [-0.25, -0.2) is 13.8 Å². The smallest absolute Gasteiger partial charge is 0.280 e. The summed E-state index contributed by atoms with van der Waals surface area (Å²) in [6.45, 7) is 0. The molecule has 0 aliphatic heterocycles. The number of rotatable bonds is 2. The van der Waals surface area contributed by atoms with Gasteiger partial charge in [-0.05, 0) is 45.2 Å². The van der Waals surface area contributed by atoms with Crippen LogP contribution >= 0.6 is 45.2 Å². The van der Waals surface area contributed by atoms with E-state index in [1.165, 1.54) is 13.2 Å². The summed E-state index contributed by atoms with van der Waals surface area (Å²) < 4.78 is 30.8. The van der Waals surface area contributed by atoms with E-state index in [9.17, 15) is 8.78 Å². The van der Waals surface area contributed by atoms with Crippen LogP contribution in [0.15, 0.2) is 6.07 Å². The molecule has 1 heterocycles. The molecule has 1 aromatic heterocycles. The van der Waals surface area contributed by atoms with Crippen molar-refractivity contribution >= 4 is 45.2 Å². The molecule has 1 aromatic rings. The van der Waals surface area contributed by atoms with Gasteiger partial charge in [-0.1, -0.05) is 0 Å². The highest BCUT2D eigenvalue weighted by Crippen LogP contribution is 2.28. The van der Waals surface area contributed by atoms with Crippen LogP contribution in [0, 0.1) is 7.27 Å². The summed E-state index contributed by atoms with van der Waals surface area (Å²) in [4.78, 5) is 3.73. The van der Waals surface area contributed by atoms with E-state index in [1.54, 1.807) is 0 Å². The Morgan fingerprint density at radius 2 is 2.08 bits per heavy atom. The lowest BCUT2D eigenvalue weighted by Crippen LogP contribution is -1.98. The van der Waals surface area contributed by atoms with Crippen LogP contribution in [-0.2, 0) is 0 Å². The van der Waals surface area contributed by atoms with Crippen molar-refractivity contribution in [2.75, 3.05) is 7.11 Å². The van der Waals surface area contributed by atoms with Crippen molar-refractivity contribution in [3.63, 3.8) is 0 Å². The van der Waals surface area contributed by atoms with Gasteiger partial charge >= 0.3 is 0 Å². The van der Waals surface area contributed by atoms with E-state index < -0.39 is 6.43 Å². The highest BCUT2D eigenvalue weighted by molar-refractivity contribution is 14.1. The second-order valence-electron chi connectivity index (χ2n) is 2.15. The fourth-order valence-electron chi connectivity index (χ4n) is 0.754. The molecule has 0 unspecified atom stereocenters. The van der Waals surface area contributed by atoms with Crippen molar-refractivity contribution in [3.05, 3.63) is 19.0 Å². The fraction of sp³-hybridized carbons (Fsp3) is 0.286. The Hall–Kier alpha value is 0.270. The highest BCUT2D eigenvalue weighted by Gasteiger charge is 2.14. The van der Waals surface area contributed by atoms with Gasteiger partial charge in [0, 0.05) is 6.07 Å². The number of nitrogens with zero attached hydrogens (tertiary/aromatic N) is 1. The van der Waals surface area contributed by atoms with Crippen LogP contribution in [0.25, 0.3) is 0 Å². The zero-order valence-electron chi connectivity index (χ0n) is 6.52. The third kappa shape index (κ3) is 2.61. The quantitative estimate of drug-likeness (QED) is 0.551. The topological polar surface area (TPSA) is 22.1 Å². The van der Waals surface area contributed by atoms with E-state index in [4.69, 9.17) is 4.74 Å². The first-order valence-electron chi connectivity index (χ1n) is 3.24. The molecule has 0 radical (unpaired) electrons. The third-order valence-electron chi connectivity index (χ3n) is 1.35. The number of halogens is 4. The minimum Gasteiger partial charge on any atom is -0.495 e. The van der Waals surface area contributed by atoms with Gasteiger partial charge in [0.25, 0.3) is 6.43 Å². The summed E-state index contributed by atoms with van der Waals surface area (Å²) in [5.74, 6) is 0.440. The molecule has 0 saturated heterocycles. The van der Waals surface area contributed by atoms with E-state index in [1.807, 2.05) is 45.2 Å². The summed E-state index contributed by atoms with van der Waals surface area (Å²) >= 11 is 3.91. The third-order valence-corrected chi connectivity index (χ3v) is 4.20. The lowest BCUT2D eigenvalue weighted by atomic mass is 10.3. The van der Waals surface area contributed by atoms with E-state index in [0.29, 0.717) is 9.45 Å². The van der Waals surface area contributed by atoms with Crippen LogP contribution in [0.4, 0.5) is 8.78 Å². The maximum absolute atomic E-state index is 12.3. The summed E-state index contributed by atoms with van der Waals surface area (Å²) in [5, 5.41) is 0. The predicted molar refractivity (Wildman–Crippen MR) is 61.2 cm³/mol. The highest BCUT2D eigenvalue weighted by atomic mass is 127.